The van der Waals surface area contributed by atoms with Crippen LogP contribution in [0.2, 0.25) is 0 Å². The zero-order valence-corrected chi connectivity index (χ0v) is 25.3. The minimum absolute atomic E-state index is 0.108. The zero-order chi connectivity index (χ0) is 28.2. The van der Waals surface area contributed by atoms with Gasteiger partial charge < -0.3 is 20.8 Å². The van der Waals surface area contributed by atoms with Gasteiger partial charge in [-0.3, -0.25) is 4.79 Å². The third-order valence-corrected chi connectivity index (χ3v) is 10.3. The molecule has 4 bridgehead atoms. The number of carbonyl (C=O) groups excluding carboxylic acids is 1. The molecule has 0 heterocycles. The minimum Gasteiger partial charge on any atom is -0.395 e. The van der Waals surface area contributed by atoms with Crippen LogP contribution in [0.15, 0.2) is 24.3 Å². The number of rotatable bonds is 20. The van der Waals surface area contributed by atoms with Gasteiger partial charge in [0.1, 0.15) is 0 Å². The maximum atomic E-state index is 13.0. The number of anilines is 1. The lowest BCUT2D eigenvalue weighted by Gasteiger charge is -2.56. The van der Waals surface area contributed by atoms with Crippen molar-refractivity contribution in [2.75, 3.05) is 18.5 Å². The summed E-state index contributed by atoms with van der Waals surface area (Å²) in [4.78, 5) is 13.0. The highest BCUT2D eigenvalue weighted by Crippen LogP contribution is 2.61. The number of unbranched alkanes of at least 4 members (excludes halogenated alkanes) is 11. The minimum atomic E-state index is -0.779. The van der Waals surface area contributed by atoms with Crippen LogP contribution in [-0.4, -0.2) is 35.3 Å². The van der Waals surface area contributed by atoms with Gasteiger partial charge in [-0.1, -0.05) is 89.7 Å². The highest BCUT2D eigenvalue weighted by molar-refractivity contribution is 5.91. The fraction of sp³-hybridized carbons (Fsp3) is 0.800. The number of benzene rings is 1. The summed E-state index contributed by atoms with van der Waals surface area (Å²) in [5, 5.41) is 27.2. The topological polar surface area (TPSA) is 81.6 Å². The van der Waals surface area contributed by atoms with Gasteiger partial charge in [0.15, 0.2) is 0 Å². The summed E-state index contributed by atoms with van der Waals surface area (Å²) in [6.45, 7) is 2.96. The van der Waals surface area contributed by atoms with Crippen LogP contribution in [0.1, 0.15) is 141 Å². The molecule has 1 aromatic carbocycles. The van der Waals surface area contributed by atoms with Crippen LogP contribution in [0.25, 0.3) is 0 Å². The zero-order valence-electron chi connectivity index (χ0n) is 25.3. The molecule has 5 rings (SSSR count). The predicted molar refractivity (Wildman–Crippen MR) is 165 cm³/mol. The number of carbonyl (C=O) groups is 1. The van der Waals surface area contributed by atoms with Gasteiger partial charge in [-0.15, -0.1) is 0 Å². The maximum Gasteiger partial charge on any atom is 0.224 e. The van der Waals surface area contributed by atoms with Crippen LogP contribution in [0.4, 0.5) is 5.69 Å². The third-order valence-electron chi connectivity index (χ3n) is 10.3. The van der Waals surface area contributed by atoms with E-state index >= 15 is 0 Å². The Kier molecular flexibility index (Phi) is 12.8. The highest BCUT2D eigenvalue weighted by Gasteiger charge is 2.51. The largest absolute Gasteiger partial charge is 0.395 e. The van der Waals surface area contributed by atoms with Crippen LogP contribution < -0.4 is 10.6 Å². The summed E-state index contributed by atoms with van der Waals surface area (Å²) in [5.74, 6) is 2.69. The van der Waals surface area contributed by atoms with Gasteiger partial charge in [0.25, 0.3) is 0 Å². The molecule has 0 aliphatic heterocycles. The lowest BCUT2D eigenvalue weighted by molar-refractivity contribution is -0.124. The first kappa shape index (κ1) is 31.5. The van der Waals surface area contributed by atoms with Crippen LogP contribution in [0, 0.1) is 23.2 Å². The first-order valence-corrected chi connectivity index (χ1v) is 16.9. The number of hydrogen-bond donors (Lipinski definition) is 4. The van der Waals surface area contributed by atoms with Crippen LogP contribution >= 0.6 is 0 Å². The molecule has 4 N–H and O–H groups in total. The Morgan fingerprint density at radius 2 is 1.32 bits per heavy atom. The van der Waals surface area contributed by atoms with E-state index in [0.29, 0.717) is 6.42 Å². The van der Waals surface area contributed by atoms with E-state index in [4.69, 9.17) is 0 Å². The van der Waals surface area contributed by atoms with Gasteiger partial charge in [-0.25, -0.2) is 0 Å². The van der Waals surface area contributed by atoms with E-state index in [-0.39, 0.29) is 24.0 Å². The first-order valence-electron chi connectivity index (χ1n) is 16.9. The quantitative estimate of drug-likeness (QED) is 0.123. The van der Waals surface area contributed by atoms with E-state index in [1.165, 1.54) is 109 Å². The third kappa shape index (κ3) is 9.56. The number of amides is 1. The smallest absolute Gasteiger partial charge is 0.224 e. The molecule has 5 nitrogen and oxygen atoms in total. The fourth-order valence-electron chi connectivity index (χ4n) is 8.58. The first-order chi connectivity index (χ1) is 19.5. The van der Waals surface area contributed by atoms with E-state index in [1.54, 1.807) is 0 Å². The normalized spacial score (nSPS) is 26.6. The van der Waals surface area contributed by atoms with Crippen molar-refractivity contribution in [1.82, 2.24) is 5.32 Å². The molecule has 40 heavy (non-hydrogen) atoms. The number of nitrogens with one attached hydrogen (secondary N) is 2. The summed E-state index contributed by atoms with van der Waals surface area (Å²) in [5.41, 5.74) is 1.79. The molecule has 4 saturated carbocycles. The summed E-state index contributed by atoms with van der Waals surface area (Å²) >= 11 is 0. The van der Waals surface area contributed by atoms with Crippen molar-refractivity contribution in [2.24, 2.45) is 23.2 Å². The summed E-state index contributed by atoms with van der Waals surface area (Å²) in [6.07, 6.45) is 23.6. The molecule has 4 fully saturated rings. The van der Waals surface area contributed by atoms with Crippen molar-refractivity contribution in [3.63, 3.8) is 0 Å². The molecule has 0 radical (unpaired) electrons. The second kappa shape index (κ2) is 16.3. The summed E-state index contributed by atoms with van der Waals surface area (Å²) < 4.78 is 0. The lowest BCUT2D eigenvalue weighted by Crippen LogP contribution is -2.47. The summed E-state index contributed by atoms with van der Waals surface area (Å²) in [7, 11) is 0. The second-order valence-electron chi connectivity index (χ2n) is 13.8. The van der Waals surface area contributed by atoms with Crippen LogP contribution in [0.5, 0.6) is 0 Å². The van der Waals surface area contributed by atoms with Crippen molar-refractivity contribution >= 4 is 11.6 Å². The Morgan fingerprint density at radius 3 is 1.82 bits per heavy atom. The van der Waals surface area contributed by atoms with Crippen LogP contribution in [-0.2, 0) is 4.79 Å². The van der Waals surface area contributed by atoms with E-state index in [9.17, 15) is 15.0 Å². The molecule has 0 aromatic heterocycles. The Bertz CT molecular complexity index is 835. The molecule has 2 unspecified atom stereocenters. The van der Waals surface area contributed by atoms with E-state index in [0.717, 1.165) is 42.0 Å². The molecule has 4 aliphatic carbocycles. The molecule has 1 aromatic rings. The monoisotopic (exact) mass is 554 g/mol. The fourth-order valence-corrected chi connectivity index (χ4v) is 8.58. The number of hydrogen-bond acceptors (Lipinski definition) is 4. The average Bonchev–Trinajstić information content (AvgIpc) is 2.92. The van der Waals surface area contributed by atoms with Crippen molar-refractivity contribution in [3.05, 3.63) is 29.8 Å². The molecule has 0 saturated heterocycles. The number of aliphatic hydroxyl groups excluding tert-OH is 2. The Labute approximate surface area is 244 Å². The predicted octanol–water partition coefficient (Wildman–Crippen LogP) is 7.92. The van der Waals surface area contributed by atoms with Gasteiger partial charge in [0.2, 0.25) is 5.91 Å². The number of aliphatic hydroxyl groups is 2. The van der Waals surface area contributed by atoms with E-state index in [1.807, 2.05) is 24.3 Å². The van der Waals surface area contributed by atoms with Crippen molar-refractivity contribution < 1.29 is 15.0 Å². The Morgan fingerprint density at radius 1 is 0.825 bits per heavy atom. The van der Waals surface area contributed by atoms with E-state index < -0.39 is 6.10 Å². The molecular formula is C35H58N2O3. The molecule has 4 aliphatic rings. The Hall–Kier alpha value is -1.43. The van der Waals surface area contributed by atoms with Crippen LogP contribution in [0.3, 0.4) is 0 Å². The highest BCUT2D eigenvalue weighted by atomic mass is 16.3. The van der Waals surface area contributed by atoms with E-state index in [2.05, 4.69) is 17.6 Å². The molecule has 2 atom stereocenters. The van der Waals surface area contributed by atoms with Crippen molar-refractivity contribution in [3.8, 4) is 0 Å². The van der Waals surface area contributed by atoms with Gasteiger partial charge in [0.05, 0.1) is 18.8 Å². The van der Waals surface area contributed by atoms with Crippen molar-refractivity contribution in [2.45, 2.75) is 141 Å². The molecule has 1 amide bonds. The van der Waals surface area contributed by atoms with Gasteiger partial charge in [0, 0.05) is 12.1 Å². The SMILES string of the molecule is CCCCCCCCCCCCCCNC(CO)C(O)c1ccc(NC(=O)CC23CC4CC(CC(C4)C2)C3)cc1. The van der Waals surface area contributed by atoms with Gasteiger partial charge in [-0.2, -0.15) is 0 Å². The molecule has 5 heteroatoms. The second-order valence-corrected chi connectivity index (χ2v) is 13.8. The molecule has 226 valence electrons. The van der Waals surface area contributed by atoms with Gasteiger partial charge in [-0.05, 0) is 92.4 Å². The van der Waals surface area contributed by atoms with Crippen molar-refractivity contribution in [1.29, 1.82) is 0 Å². The standard InChI is InChI=1S/C35H58N2O3/c1-2-3-4-5-6-7-8-9-10-11-12-13-18-36-32(26-38)34(40)30-14-16-31(17-15-30)37-33(39)25-35-22-27-19-28(23-35)21-29(20-27)24-35/h14-17,27-29,32,34,36,38,40H,2-13,18-26H2,1H3,(H,37,39). The maximum absolute atomic E-state index is 13.0. The molecular weight excluding hydrogens is 496 g/mol. The average molecular weight is 555 g/mol. The Balaban J connectivity index is 1.09. The summed E-state index contributed by atoms with van der Waals surface area (Å²) in [6, 6.07) is 7.13. The molecule has 0 spiro atoms. The van der Waals surface area contributed by atoms with Gasteiger partial charge >= 0.3 is 0 Å². The lowest BCUT2D eigenvalue weighted by atomic mass is 9.49.